The van der Waals surface area contributed by atoms with Crippen LogP contribution in [0.5, 0.6) is 0 Å². The highest BCUT2D eigenvalue weighted by molar-refractivity contribution is 6.07. The van der Waals surface area contributed by atoms with Crippen LogP contribution in [0.3, 0.4) is 0 Å². The Kier molecular flexibility index (Phi) is 6.77. The molecule has 1 aliphatic heterocycles. The second kappa shape index (κ2) is 10.0. The lowest BCUT2D eigenvalue weighted by molar-refractivity contribution is -0.170. The summed E-state index contributed by atoms with van der Waals surface area (Å²) in [4.78, 5) is 29.6. The molecule has 0 fully saturated rings. The first-order chi connectivity index (χ1) is 18.2. The third-order valence-corrected chi connectivity index (χ3v) is 7.23. The van der Waals surface area contributed by atoms with Crippen LogP contribution >= 0.6 is 0 Å². The second-order valence-electron chi connectivity index (χ2n) is 9.42. The number of amides is 1. The molecule has 38 heavy (non-hydrogen) atoms. The zero-order chi connectivity index (χ0) is 27.0. The van der Waals surface area contributed by atoms with Gasteiger partial charge >= 0.3 is 12.1 Å². The molecule has 198 valence electrons. The Bertz CT molecular complexity index is 1360. The highest BCUT2D eigenvalue weighted by Gasteiger charge is 2.50. The Morgan fingerprint density at radius 1 is 1.03 bits per heavy atom. The number of halogens is 3. The summed E-state index contributed by atoms with van der Waals surface area (Å²) in [6.07, 6.45) is -3.20. The van der Waals surface area contributed by atoms with Crippen LogP contribution in [0.15, 0.2) is 82.6 Å². The first-order valence-electron chi connectivity index (χ1n) is 12.6. The van der Waals surface area contributed by atoms with Gasteiger partial charge in [0.15, 0.2) is 5.78 Å². The zero-order valence-electron chi connectivity index (χ0n) is 21.1. The van der Waals surface area contributed by atoms with Crippen LogP contribution in [0.25, 0.3) is 0 Å². The third kappa shape index (κ3) is 4.57. The van der Waals surface area contributed by atoms with Crippen LogP contribution in [-0.4, -0.2) is 31.0 Å². The molecule has 9 heteroatoms. The molecular formula is C29H28F3N3O3. The number of nitrogens with zero attached hydrogens (tertiary/aromatic N) is 2. The maximum Gasteiger partial charge on any atom is 0.471 e. The summed E-state index contributed by atoms with van der Waals surface area (Å²) in [7, 11) is 0. The minimum atomic E-state index is -5.15. The summed E-state index contributed by atoms with van der Waals surface area (Å²) in [6, 6.07) is 15.7. The fourth-order valence-electron chi connectivity index (χ4n) is 5.45. The number of allylic oxidation sites excluding steroid dienone is 1. The van der Waals surface area contributed by atoms with Crippen molar-refractivity contribution in [2.75, 3.05) is 28.2 Å². The maximum atomic E-state index is 14.0. The van der Waals surface area contributed by atoms with Gasteiger partial charge in [-0.2, -0.15) is 13.2 Å². The van der Waals surface area contributed by atoms with Crippen molar-refractivity contribution >= 4 is 28.8 Å². The number of hydrogen-bond acceptors (Lipinski definition) is 5. The molecule has 1 aromatic heterocycles. The topological polar surface area (TPSA) is 65.8 Å². The number of fused-ring (bicyclic) bond motifs is 1. The molecule has 2 atom stereocenters. The zero-order valence-corrected chi connectivity index (χ0v) is 21.1. The molecule has 0 saturated carbocycles. The lowest BCUT2D eigenvalue weighted by atomic mass is 9.80. The fourth-order valence-corrected chi connectivity index (χ4v) is 5.45. The van der Waals surface area contributed by atoms with Gasteiger partial charge in [0.2, 0.25) is 0 Å². The van der Waals surface area contributed by atoms with E-state index in [-0.39, 0.29) is 29.4 Å². The van der Waals surface area contributed by atoms with Crippen LogP contribution < -0.4 is 15.1 Å². The van der Waals surface area contributed by atoms with Crippen LogP contribution in [0.2, 0.25) is 0 Å². The van der Waals surface area contributed by atoms with Gasteiger partial charge < -0.3 is 14.6 Å². The van der Waals surface area contributed by atoms with Crippen LogP contribution in [-0.2, 0) is 9.59 Å². The largest absolute Gasteiger partial charge is 0.471 e. The average Bonchev–Trinajstić information content (AvgIpc) is 3.39. The number of carbonyl (C=O) groups excluding carboxylic acids is 2. The molecule has 2 aliphatic rings. The van der Waals surface area contributed by atoms with E-state index in [1.54, 1.807) is 42.5 Å². The summed E-state index contributed by atoms with van der Waals surface area (Å²) in [6.45, 7) is 5.55. The molecule has 2 heterocycles. The van der Waals surface area contributed by atoms with Gasteiger partial charge in [-0.3, -0.25) is 14.5 Å². The Hall–Kier alpha value is -4.01. The van der Waals surface area contributed by atoms with Gasteiger partial charge in [0, 0.05) is 42.4 Å². The standard InChI is InChI=1S/C29H28F3N3O3/c1-3-34(4-2)20-13-11-18(12-14-20)27-26-22(16-19(17-24(26)36)25-10-7-15-38-25)33-21-8-5-6-9-23(21)35(27)28(37)29(30,31)32/h5-15,19,27,33H,3-4,16-17H2,1-2H3/t19-,27-/m0/s1. The molecule has 6 nitrogen and oxygen atoms in total. The van der Waals surface area contributed by atoms with E-state index in [4.69, 9.17) is 4.42 Å². The summed E-state index contributed by atoms with van der Waals surface area (Å²) < 4.78 is 47.7. The van der Waals surface area contributed by atoms with Crippen molar-refractivity contribution < 1.29 is 27.2 Å². The number of furan rings is 1. The Morgan fingerprint density at radius 2 is 1.74 bits per heavy atom. The highest BCUT2D eigenvalue weighted by atomic mass is 19.4. The first kappa shape index (κ1) is 25.6. The number of benzene rings is 2. The molecular weight excluding hydrogens is 495 g/mol. The SMILES string of the molecule is CCN(CC)c1ccc([C@H]2C3=C(C[C@H](c4ccco4)CC3=O)Nc3ccccc3N2C(=O)C(F)(F)F)cc1. The van der Waals surface area contributed by atoms with Gasteiger partial charge in [0.05, 0.1) is 23.7 Å². The number of hydrogen-bond donors (Lipinski definition) is 1. The molecule has 0 saturated heterocycles. The highest BCUT2D eigenvalue weighted by Crippen LogP contribution is 2.48. The lowest BCUT2D eigenvalue weighted by Gasteiger charge is -2.35. The van der Waals surface area contributed by atoms with E-state index >= 15 is 0 Å². The predicted molar refractivity (Wildman–Crippen MR) is 139 cm³/mol. The van der Waals surface area contributed by atoms with Crippen LogP contribution in [0, 0.1) is 0 Å². The molecule has 5 rings (SSSR count). The lowest BCUT2D eigenvalue weighted by Crippen LogP contribution is -2.45. The number of nitrogens with one attached hydrogen (secondary N) is 1. The van der Waals surface area contributed by atoms with Crippen LogP contribution in [0.4, 0.5) is 30.2 Å². The normalized spacial score (nSPS) is 19.4. The minimum absolute atomic E-state index is 0.0596. The molecule has 1 N–H and O–H groups in total. The van der Waals surface area contributed by atoms with Crippen molar-refractivity contribution in [3.63, 3.8) is 0 Å². The van der Waals surface area contributed by atoms with Crippen molar-refractivity contribution in [2.24, 2.45) is 0 Å². The van der Waals surface area contributed by atoms with E-state index < -0.39 is 18.1 Å². The Labute approximate surface area is 218 Å². The van der Waals surface area contributed by atoms with Gasteiger partial charge in [0.1, 0.15) is 5.76 Å². The van der Waals surface area contributed by atoms with Gasteiger partial charge in [-0.05, 0) is 62.2 Å². The molecule has 0 unspecified atom stereocenters. The second-order valence-corrected chi connectivity index (χ2v) is 9.42. The number of ketones is 1. The third-order valence-electron chi connectivity index (χ3n) is 7.23. The quantitative estimate of drug-likeness (QED) is 0.409. The molecule has 3 aromatic rings. The summed E-state index contributed by atoms with van der Waals surface area (Å²) >= 11 is 0. The number of anilines is 3. The van der Waals surface area contributed by atoms with Crippen molar-refractivity contribution in [1.29, 1.82) is 0 Å². The number of alkyl halides is 3. The van der Waals surface area contributed by atoms with Crippen molar-refractivity contribution in [3.8, 4) is 0 Å². The van der Waals surface area contributed by atoms with E-state index in [0.717, 1.165) is 23.7 Å². The fraction of sp³-hybridized carbons (Fsp3) is 0.310. The number of carbonyl (C=O) groups is 2. The van der Waals surface area contributed by atoms with E-state index in [2.05, 4.69) is 10.2 Å². The summed E-state index contributed by atoms with van der Waals surface area (Å²) in [5.74, 6) is -2.00. The van der Waals surface area contributed by atoms with E-state index in [0.29, 0.717) is 29.1 Å². The van der Waals surface area contributed by atoms with Gasteiger partial charge in [-0.25, -0.2) is 0 Å². The van der Waals surface area contributed by atoms with Crippen molar-refractivity contribution in [2.45, 2.75) is 44.8 Å². The van der Waals surface area contributed by atoms with Gasteiger partial charge in [0.25, 0.3) is 0 Å². The maximum absolute atomic E-state index is 14.0. The Balaban J connectivity index is 1.71. The summed E-state index contributed by atoms with van der Waals surface area (Å²) in [5, 5.41) is 3.22. The number of Topliss-reactive ketones (excluding diaryl/α,β-unsaturated/α-hetero) is 1. The average molecular weight is 524 g/mol. The molecule has 0 radical (unpaired) electrons. The van der Waals surface area contributed by atoms with Crippen molar-refractivity contribution in [1.82, 2.24) is 0 Å². The molecule has 2 aromatic carbocycles. The van der Waals surface area contributed by atoms with E-state index in [1.165, 1.54) is 12.3 Å². The van der Waals surface area contributed by atoms with E-state index in [1.807, 2.05) is 26.0 Å². The molecule has 1 aliphatic carbocycles. The smallest absolute Gasteiger partial charge is 0.469 e. The monoisotopic (exact) mass is 523 g/mol. The van der Waals surface area contributed by atoms with Crippen LogP contribution in [0.1, 0.15) is 50.0 Å². The predicted octanol–water partition coefficient (Wildman–Crippen LogP) is 6.59. The van der Waals surface area contributed by atoms with Gasteiger partial charge in [-0.1, -0.05) is 24.3 Å². The summed E-state index contributed by atoms with van der Waals surface area (Å²) in [5.41, 5.74) is 2.37. The van der Waals surface area contributed by atoms with E-state index in [9.17, 15) is 22.8 Å². The molecule has 0 bridgehead atoms. The Morgan fingerprint density at radius 3 is 2.37 bits per heavy atom. The minimum Gasteiger partial charge on any atom is -0.469 e. The number of rotatable bonds is 5. The van der Waals surface area contributed by atoms with Gasteiger partial charge in [-0.15, -0.1) is 0 Å². The first-order valence-corrected chi connectivity index (χ1v) is 12.6. The number of para-hydroxylation sites is 2. The van der Waals surface area contributed by atoms with Crippen molar-refractivity contribution in [3.05, 3.63) is 89.5 Å². The molecule has 1 amide bonds. The molecule has 0 spiro atoms.